The first-order chi connectivity index (χ1) is 14.8. The topological polar surface area (TPSA) is 59.1 Å². The molecule has 2 aromatic rings. The van der Waals surface area contributed by atoms with E-state index in [0.29, 0.717) is 11.3 Å². The quantitative estimate of drug-likeness (QED) is 0.746. The van der Waals surface area contributed by atoms with Gasteiger partial charge in [0.15, 0.2) is 0 Å². The van der Waals surface area contributed by atoms with Gasteiger partial charge >= 0.3 is 12.0 Å². The van der Waals surface area contributed by atoms with Crippen LogP contribution in [0.2, 0.25) is 0 Å². The van der Waals surface area contributed by atoms with Gasteiger partial charge in [0, 0.05) is 12.2 Å². The van der Waals surface area contributed by atoms with Crippen LogP contribution in [0, 0.1) is 5.82 Å². The summed E-state index contributed by atoms with van der Waals surface area (Å²) in [6, 6.07) is 13.7. The molecule has 0 radical (unpaired) electrons. The van der Waals surface area contributed by atoms with E-state index in [1.165, 1.54) is 23.1 Å². The minimum absolute atomic E-state index is 0.0917. The maximum Gasteiger partial charge on any atom is 0.437 e. The number of alkyl halides is 2. The van der Waals surface area contributed by atoms with Crippen molar-refractivity contribution < 1.29 is 32.2 Å². The first-order valence-corrected chi connectivity index (χ1v) is 9.83. The van der Waals surface area contributed by atoms with Crippen molar-refractivity contribution in [3.05, 3.63) is 66.0 Å². The van der Waals surface area contributed by atoms with Crippen molar-refractivity contribution in [3.8, 4) is 0 Å². The lowest BCUT2D eigenvalue weighted by atomic mass is 10.00. The van der Waals surface area contributed by atoms with E-state index < -0.39 is 23.4 Å². The van der Waals surface area contributed by atoms with Gasteiger partial charge in [-0.2, -0.15) is 8.78 Å². The van der Waals surface area contributed by atoms with Gasteiger partial charge in [0.2, 0.25) is 5.91 Å². The van der Waals surface area contributed by atoms with Crippen LogP contribution in [0.3, 0.4) is 0 Å². The Hall–Kier alpha value is -2.91. The number of halogens is 3. The number of benzene rings is 2. The number of carbonyl (C=O) groups excluding carboxylic acids is 2. The van der Waals surface area contributed by atoms with E-state index in [0.717, 1.165) is 4.90 Å². The minimum Gasteiger partial charge on any atom is -0.376 e. The zero-order valence-electron chi connectivity index (χ0n) is 16.6. The van der Waals surface area contributed by atoms with Crippen molar-refractivity contribution in [2.75, 3.05) is 37.7 Å². The van der Waals surface area contributed by atoms with E-state index in [1.807, 2.05) is 0 Å². The highest BCUT2D eigenvalue weighted by atomic mass is 19.3. The molecule has 1 atom stereocenters. The number of amides is 2. The Kier molecular flexibility index (Phi) is 5.72. The Morgan fingerprint density at radius 3 is 2.58 bits per heavy atom. The zero-order valence-corrected chi connectivity index (χ0v) is 16.6. The molecule has 2 saturated heterocycles. The third-order valence-electron chi connectivity index (χ3n) is 5.30. The van der Waals surface area contributed by atoms with Crippen molar-refractivity contribution in [1.82, 2.24) is 4.90 Å². The smallest absolute Gasteiger partial charge is 0.376 e. The summed E-state index contributed by atoms with van der Waals surface area (Å²) in [5, 5.41) is 0. The number of hydrogen-bond acceptors (Lipinski definition) is 4. The lowest BCUT2D eigenvalue weighted by molar-refractivity contribution is -0.293. The lowest BCUT2D eigenvalue weighted by Gasteiger charge is -2.45. The SMILES string of the molecule is O=C(Cc1cccc(F)c1)N1CCOCC2(C1)CN(c1ccccc1)C(=O)C(F)(F)O2. The molecule has 1 unspecified atom stereocenters. The summed E-state index contributed by atoms with van der Waals surface area (Å²) in [6.45, 7) is -0.291. The van der Waals surface area contributed by atoms with Crippen LogP contribution in [0.25, 0.3) is 0 Å². The van der Waals surface area contributed by atoms with Gasteiger partial charge < -0.3 is 14.5 Å². The average molecular weight is 434 g/mol. The second-order valence-corrected chi connectivity index (χ2v) is 7.70. The first kappa shape index (κ1) is 21.3. The molecule has 0 saturated carbocycles. The highest BCUT2D eigenvalue weighted by Gasteiger charge is 2.58. The summed E-state index contributed by atoms with van der Waals surface area (Å²) >= 11 is 0. The van der Waals surface area contributed by atoms with E-state index in [9.17, 15) is 22.8 Å². The molecule has 2 amide bonds. The molecule has 0 aliphatic carbocycles. The molecule has 0 N–H and O–H groups in total. The molecule has 9 heteroatoms. The third kappa shape index (κ3) is 4.57. The molecule has 4 rings (SSSR count). The van der Waals surface area contributed by atoms with Gasteiger partial charge in [-0.3, -0.25) is 14.3 Å². The molecule has 0 aromatic heterocycles. The summed E-state index contributed by atoms with van der Waals surface area (Å²) in [6.07, 6.45) is -4.16. The van der Waals surface area contributed by atoms with Crippen LogP contribution in [-0.2, 0) is 25.5 Å². The normalized spacial score (nSPS) is 23.6. The molecule has 2 aliphatic rings. The van der Waals surface area contributed by atoms with Gasteiger partial charge in [0.05, 0.1) is 32.7 Å². The Bertz CT molecular complexity index is 972. The largest absolute Gasteiger partial charge is 0.437 e. The van der Waals surface area contributed by atoms with Crippen molar-refractivity contribution in [2.24, 2.45) is 0 Å². The Morgan fingerprint density at radius 1 is 1.06 bits per heavy atom. The fourth-order valence-corrected chi connectivity index (χ4v) is 3.89. The fraction of sp³-hybridized carbons (Fsp3) is 0.364. The summed E-state index contributed by atoms with van der Waals surface area (Å²) in [7, 11) is 0. The van der Waals surface area contributed by atoms with Gasteiger partial charge in [0.25, 0.3) is 0 Å². The van der Waals surface area contributed by atoms with Crippen molar-refractivity contribution in [1.29, 1.82) is 0 Å². The van der Waals surface area contributed by atoms with Crippen LogP contribution < -0.4 is 4.90 Å². The molecule has 2 aliphatic heterocycles. The second-order valence-electron chi connectivity index (χ2n) is 7.70. The van der Waals surface area contributed by atoms with Crippen LogP contribution in [-0.4, -0.2) is 61.3 Å². The highest BCUT2D eigenvalue weighted by molar-refractivity contribution is 5.98. The highest BCUT2D eigenvalue weighted by Crippen LogP contribution is 2.36. The van der Waals surface area contributed by atoms with Gasteiger partial charge in [-0.25, -0.2) is 4.39 Å². The molecule has 0 bridgehead atoms. The number of carbonyl (C=O) groups is 2. The molecule has 1 spiro atoms. The molecular formula is C22H21F3N2O4. The maximum atomic E-state index is 14.6. The fourth-order valence-electron chi connectivity index (χ4n) is 3.89. The number of ether oxygens (including phenoxy) is 2. The number of morpholine rings is 1. The number of nitrogens with zero attached hydrogens (tertiary/aromatic N) is 2. The molecule has 31 heavy (non-hydrogen) atoms. The predicted octanol–water partition coefficient (Wildman–Crippen LogP) is 2.62. The molecule has 2 aromatic carbocycles. The van der Waals surface area contributed by atoms with Crippen LogP contribution in [0.15, 0.2) is 54.6 Å². The number of para-hydroxylation sites is 1. The van der Waals surface area contributed by atoms with Crippen LogP contribution in [0.1, 0.15) is 5.56 Å². The molecule has 2 heterocycles. The average Bonchev–Trinajstić information content (AvgIpc) is 2.94. The Balaban J connectivity index is 1.58. The van der Waals surface area contributed by atoms with Crippen molar-refractivity contribution >= 4 is 17.5 Å². The van der Waals surface area contributed by atoms with Crippen molar-refractivity contribution in [2.45, 2.75) is 18.1 Å². The van der Waals surface area contributed by atoms with Gasteiger partial charge in [-0.15, -0.1) is 0 Å². The summed E-state index contributed by atoms with van der Waals surface area (Å²) < 4.78 is 53.1. The van der Waals surface area contributed by atoms with E-state index in [1.54, 1.807) is 36.4 Å². The van der Waals surface area contributed by atoms with Crippen LogP contribution in [0.4, 0.5) is 18.9 Å². The Labute approximate surface area is 177 Å². The predicted molar refractivity (Wildman–Crippen MR) is 105 cm³/mol. The van der Waals surface area contributed by atoms with Gasteiger partial charge in [-0.1, -0.05) is 30.3 Å². The van der Waals surface area contributed by atoms with Crippen LogP contribution >= 0.6 is 0 Å². The molecular weight excluding hydrogens is 413 g/mol. The number of rotatable bonds is 3. The summed E-state index contributed by atoms with van der Waals surface area (Å²) in [4.78, 5) is 27.5. The zero-order chi connectivity index (χ0) is 22.1. The van der Waals surface area contributed by atoms with Gasteiger partial charge in [0.1, 0.15) is 11.4 Å². The van der Waals surface area contributed by atoms with E-state index in [2.05, 4.69) is 0 Å². The van der Waals surface area contributed by atoms with E-state index in [4.69, 9.17) is 9.47 Å². The molecule has 6 nitrogen and oxygen atoms in total. The van der Waals surface area contributed by atoms with Crippen LogP contribution in [0.5, 0.6) is 0 Å². The first-order valence-electron chi connectivity index (χ1n) is 9.83. The van der Waals surface area contributed by atoms with Crippen molar-refractivity contribution in [3.63, 3.8) is 0 Å². The maximum absolute atomic E-state index is 14.6. The third-order valence-corrected chi connectivity index (χ3v) is 5.30. The molecule has 164 valence electrons. The molecule has 2 fully saturated rings. The summed E-state index contributed by atoms with van der Waals surface area (Å²) in [5.74, 6) is -2.30. The minimum atomic E-state index is -4.07. The second kappa shape index (κ2) is 8.32. The lowest BCUT2D eigenvalue weighted by Crippen LogP contribution is -2.66. The Morgan fingerprint density at radius 2 is 1.84 bits per heavy atom. The number of hydrogen-bond donors (Lipinski definition) is 0. The van der Waals surface area contributed by atoms with E-state index >= 15 is 0 Å². The van der Waals surface area contributed by atoms with Gasteiger partial charge in [-0.05, 0) is 29.8 Å². The number of anilines is 1. The summed E-state index contributed by atoms with van der Waals surface area (Å²) in [5.41, 5.74) is -0.835. The van der Waals surface area contributed by atoms with E-state index in [-0.39, 0.29) is 45.2 Å². The monoisotopic (exact) mass is 434 g/mol. The standard InChI is InChI=1S/C22H21F3N2O4/c23-17-6-4-5-16(11-17)12-19(28)26-9-10-30-15-21(13-26)14-27(18-7-2-1-3-8-18)20(29)22(24,25)31-21/h1-8,11H,9-10,12-15H2.